The molecule has 2 saturated carbocycles. The van der Waals surface area contributed by atoms with Gasteiger partial charge in [-0.05, 0) is 57.4 Å². The molecule has 4 nitrogen and oxygen atoms in total. The Labute approximate surface area is 122 Å². The van der Waals surface area contributed by atoms with Gasteiger partial charge in [-0.3, -0.25) is 4.79 Å². The summed E-state index contributed by atoms with van der Waals surface area (Å²) in [5.74, 6) is 0.841. The molecule has 0 aromatic rings. The summed E-state index contributed by atoms with van der Waals surface area (Å²) < 4.78 is 4.95. The van der Waals surface area contributed by atoms with Gasteiger partial charge in [-0.1, -0.05) is 6.42 Å². The first-order valence-electron chi connectivity index (χ1n) is 8.36. The van der Waals surface area contributed by atoms with E-state index in [1.165, 1.54) is 58.6 Å². The summed E-state index contributed by atoms with van der Waals surface area (Å²) in [6.45, 7) is 2.26. The van der Waals surface area contributed by atoms with Gasteiger partial charge >= 0.3 is 5.97 Å². The molecule has 3 rings (SSSR count). The lowest BCUT2D eigenvalue weighted by Gasteiger charge is -2.38. The molecule has 0 bridgehead atoms. The summed E-state index contributed by atoms with van der Waals surface area (Å²) >= 11 is 0. The zero-order valence-corrected chi connectivity index (χ0v) is 12.6. The second-order valence-corrected chi connectivity index (χ2v) is 6.74. The number of carbonyl (C=O) groups excluding carboxylic acids is 1. The quantitative estimate of drug-likeness (QED) is 0.755. The van der Waals surface area contributed by atoms with Crippen LogP contribution in [0.1, 0.15) is 51.4 Å². The smallest absolute Gasteiger partial charge is 0.322 e. The van der Waals surface area contributed by atoms with E-state index in [0.29, 0.717) is 6.04 Å². The Morgan fingerprint density at radius 3 is 2.80 bits per heavy atom. The first kappa shape index (κ1) is 14.3. The highest BCUT2D eigenvalue weighted by Gasteiger charge is 2.36. The lowest BCUT2D eigenvalue weighted by molar-refractivity contribution is -0.143. The molecule has 4 heteroatoms. The van der Waals surface area contributed by atoms with E-state index in [4.69, 9.17) is 4.74 Å². The van der Waals surface area contributed by atoms with E-state index in [-0.39, 0.29) is 12.0 Å². The third-order valence-corrected chi connectivity index (χ3v) is 5.31. The van der Waals surface area contributed by atoms with Gasteiger partial charge in [0.1, 0.15) is 6.04 Å². The van der Waals surface area contributed by atoms with E-state index in [2.05, 4.69) is 10.2 Å². The molecule has 3 aliphatic rings. The maximum Gasteiger partial charge on any atom is 0.322 e. The Kier molecular flexibility index (Phi) is 4.61. The average molecular weight is 280 g/mol. The molecule has 20 heavy (non-hydrogen) atoms. The molecule has 1 heterocycles. The summed E-state index contributed by atoms with van der Waals surface area (Å²) in [5.41, 5.74) is 0. The van der Waals surface area contributed by atoms with Crippen LogP contribution in [0.25, 0.3) is 0 Å². The average Bonchev–Trinajstić information content (AvgIpc) is 3.16. The predicted octanol–water partition coefficient (Wildman–Crippen LogP) is 1.93. The van der Waals surface area contributed by atoms with Crippen LogP contribution >= 0.6 is 0 Å². The van der Waals surface area contributed by atoms with E-state index in [1.54, 1.807) is 0 Å². The van der Waals surface area contributed by atoms with Crippen molar-refractivity contribution in [3.63, 3.8) is 0 Å². The molecule has 2 aliphatic carbocycles. The number of esters is 1. The molecular weight excluding hydrogens is 252 g/mol. The normalized spacial score (nSPS) is 31.9. The highest BCUT2D eigenvalue weighted by Crippen LogP contribution is 2.36. The minimum atomic E-state index is -0.103. The number of hydrogen-bond acceptors (Lipinski definition) is 4. The van der Waals surface area contributed by atoms with Crippen LogP contribution in [0.15, 0.2) is 0 Å². The molecule has 3 fully saturated rings. The third-order valence-electron chi connectivity index (χ3n) is 5.31. The molecule has 0 amide bonds. The SMILES string of the molecule is COC(=O)C(CCN1CCCC2CCCC21)NC1CC1. The van der Waals surface area contributed by atoms with Crippen LogP contribution in [0, 0.1) is 5.92 Å². The molecule has 3 atom stereocenters. The van der Waals surface area contributed by atoms with E-state index in [0.717, 1.165) is 24.9 Å². The van der Waals surface area contributed by atoms with Gasteiger partial charge < -0.3 is 15.0 Å². The number of carbonyl (C=O) groups is 1. The van der Waals surface area contributed by atoms with Gasteiger partial charge in [0, 0.05) is 18.6 Å². The lowest BCUT2D eigenvalue weighted by atomic mass is 9.91. The maximum atomic E-state index is 11.9. The predicted molar refractivity (Wildman–Crippen MR) is 78.5 cm³/mol. The molecule has 3 unspecified atom stereocenters. The molecule has 0 aromatic heterocycles. The summed E-state index contributed by atoms with van der Waals surface area (Å²) in [6, 6.07) is 1.25. The molecule has 1 aliphatic heterocycles. The lowest BCUT2D eigenvalue weighted by Crippen LogP contribution is -2.46. The Balaban J connectivity index is 1.51. The van der Waals surface area contributed by atoms with Crippen molar-refractivity contribution < 1.29 is 9.53 Å². The second-order valence-electron chi connectivity index (χ2n) is 6.74. The molecule has 114 valence electrons. The number of hydrogen-bond donors (Lipinski definition) is 1. The number of nitrogens with one attached hydrogen (secondary N) is 1. The maximum absolute atomic E-state index is 11.9. The minimum absolute atomic E-state index is 0.0862. The van der Waals surface area contributed by atoms with Crippen molar-refractivity contribution in [2.45, 2.75) is 69.5 Å². The number of piperidine rings is 1. The molecule has 0 radical (unpaired) electrons. The molecule has 1 saturated heterocycles. The van der Waals surface area contributed by atoms with Gasteiger partial charge in [0.05, 0.1) is 7.11 Å². The van der Waals surface area contributed by atoms with E-state index in [9.17, 15) is 4.79 Å². The van der Waals surface area contributed by atoms with Crippen molar-refractivity contribution >= 4 is 5.97 Å². The van der Waals surface area contributed by atoms with Gasteiger partial charge in [0.25, 0.3) is 0 Å². The van der Waals surface area contributed by atoms with Crippen LogP contribution < -0.4 is 5.32 Å². The first-order chi connectivity index (χ1) is 9.78. The number of fused-ring (bicyclic) bond motifs is 1. The Hall–Kier alpha value is -0.610. The highest BCUT2D eigenvalue weighted by molar-refractivity contribution is 5.75. The van der Waals surface area contributed by atoms with Crippen molar-refractivity contribution in [1.29, 1.82) is 0 Å². The zero-order chi connectivity index (χ0) is 13.9. The monoisotopic (exact) mass is 280 g/mol. The third kappa shape index (κ3) is 3.34. The van der Waals surface area contributed by atoms with Crippen LogP contribution in [0.4, 0.5) is 0 Å². The van der Waals surface area contributed by atoms with E-state index >= 15 is 0 Å². The largest absolute Gasteiger partial charge is 0.468 e. The van der Waals surface area contributed by atoms with Crippen molar-refractivity contribution in [1.82, 2.24) is 10.2 Å². The van der Waals surface area contributed by atoms with Gasteiger partial charge in [0.15, 0.2) is 0 Å². The van der Waals surface area contributed by atoms with Crippen LogP contribution in [0.5, 0.6) is 0 Å². The summed E-state index contributed by atoms with van der Waals surface area (Å²) in [6.07, 6.45) is 10.2. The molecular formula is C16H28N2O2. The van der Waals surface area contributed by atoms with E-state index in [1.807, 2.05) is 0 Å². The standard InChI is InChI=1S/C16H28N2O2/c1-20-16(19)14(17-13-7-8-13)9-11-18-10-3-5-12-4-2-6-15(12)18/h12-15,17H,2-11H2,1H3. The number of methoxy groups -OCH3 is 1. The first-order valence-corrected chi connectivity index (χ1v) is 8.36. The van der Waals surface area contributed by atoms with E-state index < -0.39 is 0 Å². The van der Waals surface area contributed by atoms with Crippen molar-refractivity contribution in [3.05, 3.63) is 0 Å². The van der Waals surface area contributed by atoms with Gasteiger partial charge in [-0.25, -0.2) is 0 Å². The van der Waals surface area contributed by atoms with Crippen molar-refractivity contribution in [2.24, 2.45) is 5.92 Å². The molecule has 0 spiro atoms. The van der Waals surface area contributed by atoms with Gasteiger partial charge in [-0.15, -0.1) is 0 Å². The van der Waals surface area contributed by atoms with Crippen LogP contribution in [0.3, 0.4) is 0 Å². The number of rotatable bonds is 6. The number of ether oxygens (including phenoxy) is 1. The fourth-order valence-electron chi connectivity index (χ4n) is 4.08. The number of likely N-dealkylation sites (tertiary alicyclic amines) is 1. The number of nitrogens with zero attached hydrogens (tertiary/aromatic N) is 1. The Bertz CT molecular complexity index is 343. The zero-order valence-electron chi connectivity index (χ0n) is 12.6. The molecule has 1 N–H and O–H groups in total. The molecule has 0 aromatic carbocycles. The summed E-state index contributed by atoms with van der Waals surface area (Å²) in [4.78, 5) is 14.5. The topological polar surface area (TPSA) is 41.6 Å². The summed E-state index contributed by atoms with van der Waals surface area (Å²) in [7, 11) is 1.50. The van der Waals surface area contributed by atoms with Crippen LogP contribution in [0.2, 0.25) is 0 Å². The van der Waals surface area contributed by atoms with Gasteiger partial charge in [0.2, 0.25) is 0 Å². The minimum Gasteiger partial charge on any atom is -0.468 e. The Morgan fingerprint density at radius 2 is 2.05 bits per heavy atom. The van der Waals surface area contributed by atoms with Crippen LogP contribution in [-0.4, -0.2) is 49.2 Å². The Morgan fingerprint density at radius 1 is 1.25 bits per heavy atom. The fourth-order valence-corrected chi connectivity index (χ4v) is 4.08. The van der Waals surface area contributed by atoms with Crippen LogP contribution in [-0.2, 0) is 9.53 Å². The second kappa shape index (κ2) is 6.44. The van der Waals surface area contributed by atoms with Gasteiger partial charge in [-0.2, -0.15) is 0 Å². The van der Waals surface area contributed by atoms with Crippen molar-refractivity contribution in [3.8, 4) is 0 Å². The highest BCUT2D eigenvalue weighted by atomic mass is 16.5. The van der Waals surface area contributed by atoms with Crippen molar-refractivity contribution in [2.75, 3.05) is 20.2 Å². The summed E-state index contributed by atoms with van der Waals surface area (Å²) in [5, 5.41) is 3.44. The fraction of sp³-hybridized carbons (Fsp3) is 0.938.